The SMILES string of the molecule is CCN1CCCC1CN(C)CC1(CNC)CCCC1. The zero-order valence-corrected chi connectivity index (χ0v) is 13.2. The average Bonchev–Trinajstić information content (AvgIpc) is 2.99. The van der Waals surface area contributed by atoms with Crippen LogP contribution in [-0.2, 0) is 0 Å². The van der Waals surface area contributed by atoms with Crippen LogP contribution in [0.4, 0.5) is 0 Å². The summed E-state index contributed by atoms with van der Waals surface area (Å²) in [5, 5.41) is 3.43. The van der Waals surface area contributed by atoms with Crippen LogP contribution in [0.1, 0.15) is 45.4 Å². The van der Waals surface area contributed by atoms with E-state index < -0.39 is 0 Å². The Labute approximate surface area is 119 Å². The molecule has 0 spiro atoms. The van der Waals surface area contributed by atoms with Gasteiger partial charge in [0.05, 0.1) is 0 Å². The predicted molar refractivity (Wildman–Crippen MR) is 82.6 cm³/mol. The highest BCUT2D eigenvalue weighted by molar-refractivity contribution is 4.90. The minimum absolute atomic E-state index is 0.555. The van der Waals surface area contributed by atoms with E-state index in [0.717, 1.165) is 6.04 Å². The van der Waals surface area contributed by atoms with E-state index in [1.54, 1.807) is 0 Å². The van der Waals surface area contributed by atoms with Crippen molar-refractivity contribution in [1.29, 1.82) is 0 Å². The van der Waals surface area contributed by atoms with Crippen molar-refractivity contribution < 1.29 is 0 Å². The third-order valence-corrected chi connectivity index (χ3v) is 5.25. The molecule has 0 amide bonds. The molecule has 3 nitrogen and oxygen atoms in total. The number of hydrogen-bond donors (Lipinski definition) is 1. The van der Waals surface area contributed by atoms with Gasteiger partial charge < -0.3 is 10.2 Å². The second-order valence-corrected chi connectivity index (χ2v) is 6.86. The molecule has 2 aliphatic rings. The van der Waals surface area contributed by atoms with Gasteiger partial charge in [-0.3, -0.25) is 4.90 Å². The molecule has 1 N–H and O–H groups in total. The Morgan fingerprint density at radius 3 is 2.63 bits per heavy atom. The lowest BCUT2D eigenvalue weighted by molar-refractivity contribution is 0.138. The molecule has 3 heteroatoms. The standard InChI is InChI=1S/C16H33N3/c1-4-19-11-7-8-15(19)12-18(3)14-16(13-17-2)9-5-6-10-16/h15,17H,4-14H2,1-3H3. The van der Waals surface area contributed by atoms with Crippen molar-refractivity contribution in [2.24, 2.45) is 5.41 Å². The van der Waals surface area contributed by atoms with Crippen LogP contribution < -0.4 is 5.32 Å². The number of likely N-dealkylation sites (tertiary alicyclic amines) is 1. The Morgan fingerprint density at radius 2 is 2.00 bits per heavy atom. The molecule has 2 rings (SSSR count). The van der Waals surface area contributed by atoms with Gasteiger partial charge in [0.1, 0.15) is 0 Å². The molecule has 0 aromatic carbocycles. The maximum atomic E-state index is 3.43. The lowest BCUT2D eigenvalue weighted by atomic mass is 9.85. The first kappa shape index (κ1) is 15.3. The maximum Gasteiger partial charge on any atom is 0.0223 e. The molecule has 1 saturated heterocycles. The number of nitrogens with zero attached hydrogens (tertiary/aromatic N) is 2. The monoisotopic (exact) mass is 267 g/mol. The minimum atomic E-state index is 0.555. The molecule has 0 aromatic heterocycles. The van der Waals surface area contributed by atoms with Gasteiger partial charge >= 0.3 is 0 Å². The van der Waals surface area contributed by atoms with Crippen molar-refractivity contribution in [3.05, 3.63) is 0 Å². The van der Waals surface area contributed by atoms with E-state index in [0.29, 0.717) is 5.41 Å². The van der Waals surface area contributed by atoms with Crippen molar-refractivity contribution in [2.75, 3.05) is 46.8 Å². The molecule has 0 aromatic rings. The molecule has 2 fully saturated rings. The summed E-state index contributed by atoms with van der Waals surface area (Å²) < 4.78 is 0. The van der Waals surface area contributed by atoms with Crippen LogP contribution in [0.15, 0.2) is 0 Å². The van der Waals surface area contributed by atoms with Gasteiger partial charge in [-0.1, -0.05) is 19.8 Å². The number of nitrogens with one attached hydrogen (secondary N) is 1. The summed E-state index contributed by atoms with van der Waals surface area (Å²) in [5.41, 5.74) is 0.555. The summed E-state index contributed by atoms with van der Waals surface area (Å²) in [4.78, 5) is 5.27. The maximum absolute atomic E-state index is 3.43. The van der Waals surface area contributed by atoms with Crippen LogP contribution in [0.3, 0.4) is 0 Å². The molecular formula is C16H33N3. The molecule has 1 heterocycles. The van der Waals surface area contributed by atoms with E-state index in [-0.39, 0.29) is 0 Å². The highest BCUT2D eigenvalue weighted by Crippen LogP contribution is 2.38. The summed E-state index contributed by atoms with van der Waals surface area (Å²) in [6.45, 7) is 8.58. The quantitative estimate of drug-likeness (QED) is 0.763. The molecule has 1 aliphatic heterocycles. The fourth-order valence-electron chi connectivity index (χ4n) is 4.41. The van der Waals surface area contributed by atoms with Crippen molar-refractivity contribution >= 4 is 0 Å². The molecular weight excluding hydrogens is 234 g/mol. The van der Waals surface area contributed by atoms with E-state index in [1.165, 1.54) is 71.2 Å². The van der Waals surface area contributed by atoms with E-state index in [4.69, 9.17) is 0 Å². The third kappa shape index (κ3) is 3.93. The summed E-state index contributed by atoms with van der Waals surface area (Å²) in [5.74, 6) is 0. The van der Waals surface area contributed by atoms with Gasteiger partial charge in [-0.05, 0) is 58.3 Å². The molecule has 0 radical (unpaired) electrons. The molecule has 19 heavy (non-hydrogen) atoms. The van der Waals surface area contributed by atoms with Crippen LogP contribution in [0.5, 0.6) is 0 Å². The van der Waals surface area contributed by atoms with Gasteiger partial charge in [-0.15, -0.1) is 0 Å². The minimum Gasteiger partial charge on any atom is -0.319 e. The van der Waals surface area contributed by atoms with Gasteiger partial charge in [0.2, 0.25) is 0 Å². The Balaban J connectivity index is 1.83. The Hall–Kier alpha value is -0.120. The lowest BCUT2D eigenvalue weighted by Crippen LogP contribution is -2.45. The first-order valence-electron chi connectivity index (χ1n) is 8.26. The fraction of sp³-hybridized carbons (Fsp3) is 1.00. The Bertz CT molecular complexity index is 261. The highest BCUT2D eigenvalue weighted by atomic mass is 15.2. The third-order valence-electron chi connectivity index (χ3n) is 5.25. The van der Waals surface area contributed by atoms with Gasteiger partial charge in [-0.25, -0.2) is 0 Å². The summed E-state index contributed by atoms with van der Waals surface area (Å²) >= 11 is 0. The van der Waals surface area contributed by atoms with Crippen molar-refractivity contribution in [3.8, 4) is 0 Å². The smallest absolute Gasteiger partial charge is 0.0223 e. The zero-order chi connectivity index (χ0) is 13.7. The summed E-state index contributed by atoms with van der Waals surface area (Å²) in [6.07, 6.45) is 8.49. The first-order valence-corrected chi connectivity index (χ1v) is 8.26. The van der Waals surface area contributed by atoms with E-state index in [9.17, 15) is 0 Å². The fourth-order valence-corrected chi connectivity index (χ4v) is 4.41. The molecule has 1 saturated carbocycles. The Morgan fingerprint density at radius 1 is 1.26 bits per heavy atom. The second kappa shape index (κ2) is 7.05. The lowest BCUT2D eigenvalue weighted by Gasteiger charge is -2.36. The van der Waals surface area contributed by atoms with E-state index >= 15 is 0 Å². The molecule has 1 atom stereocenters. The summed E-state index contributed by atoms with van der Waals surface area (Å²) in [6, 6.07) is 0.808. The molecule has 1 aliphatic carbocycles. The number of likely N-dealkylation sites (N-methyl/N-ethyl adjacent to an activating group) is 2. The van der Waals surface area contributed by atoms with Crippen LogP contribution >= 0.6 is 0 Å². The normalized spacial score (nSPS) is 27.5. The van der Waals surface area contributed by atoms with E-state index in [1.807, 2.05) is 0 Å². The van der Waals surface area contributed by atoms with Crippen molar-refractivity contribution in [3.63, 3.8) is 0 Å². The zero-order valence-electron chi connectivity index (χ0n) is 13.2. The van der Waals surface area contributed by atoms with Gasteiger partial charge in [-0.2, -0.15) is 0 Å². The molecule has 1 unspecified atom stereocenters. The average molecular weight is 267 g/mol. The van der Waals surface area contributed by atoms with Gasteiger partial charge in [0, 0.05) is 25.7 Å². The molecule has 0 bridgehead atoms. The second-order valence-electron chi connectivity index (χ2n) is 6.86. The predicted octanol–water partition coefficient (Wildman–Crippen LogP) is 2.18. The largest absolute Gasteiger partial charge is 0.319 e. The topological polar surface area (TPSA) is 18.5 Å². The Kier molecular flexibility index (Phi) is 5.67. The molecule has 112 valence electrons. The number of hydrogen-bond acceptors (Lipinski definition) is 3. The van der Waals surface area contributed by atoms with Crippen LogP contribution in [-0.4, -0.2) is 62.7 Å². The van der Waals surface area contributed by atoms with Crippen molar-refractivity contribution in [1.82, 2.24) is 15.1 Å². The van der Waals surface area contributed by atoms with Gasteiger partial charge in [0.25, 0.3) is 0 Å². The highest BCUT2D eigenvalue weighted by Gasteiger charge is 2.35. The number of rotatable bonds is 7. The van der Waals surface area contributed by atoms with Gasteiger partial charge in [0.15, 0.2) is 0 Å². The van der Waals surface area contributed by atoms with Crippen LogP contribution in [0.2, 0.25) is 0 Å². The van der Waals surface area contributed by atoms with Crippen molar-refractivity contribution in [2.45, 2.75) is 51.5 Å². The first-order chi connectivity index (χ1) is 9.19. The van der Waals surface area contributed by atoms with Crippen LogP contribution in [0, 0.1) is 5.41 Å². The van der Waals surface area contributed by atoms with Crippen LogP contribution in [0.25, 0.3) is 0 Å². The summed E-state index contributed by atoms with van der Waals surface area (Å²) in [7, 11) is 4.44. The van der Waals surface area contributed by atoms with E-state index in [2.05, 4.69) is 36.1 Å².